The summed E-state index contributed by atoms with van der Waals surface area (Å²) in [5.74, 6) is 0.599. The van der Waals surface area contributed by atoms with Gasteiger partial charge in [0.05, 0.1) is 5.56 Å². The normalized spacial score (nSPS) is 23.7. The Kier molecular flexibility index (Phi) is 4.86. The number of hydrogen-bond acceptors (Lipinski definition) is 2. The van der Waals surface area contributed by atoms with Crippen LogP contribution in [0.5, 0.6) is 5.75 Å². The fourth-order valence-corrected chi connectivity index (χ4v) is 2.94. The third kappa shape index (κ3) is 3.96. The van der Waals surface area contributed by atoms with Crippen LogP contribution in [0.1, 0.15) is 49.4 Å². The van der Waals surface area contributed by atoms with Crippen molar-refractivity contribution < 1.29 is 9.90 Å². The molecule has 2 N–H and O–H groups in total. The van der Waals surface area contributed by atoms with Gasteiger partial charge in [0.25, 0.3) is 5.91 Å². The van der Waals surface area contributed by atoms with Gasteiger partial charge in [-0.2, -0.15) is 0 Å². The summed E-state index contributed by atoms with van der Waals surface area (Å²) in [5, 5.41) is 12.8. The molecule has 0 spiro atoms. The lowest BCUT2D eigenvalue weighted by atomic mass is 10.0. The monoisotopic (exact) mass is 325 g/mol. The van der Waals surface area contributed by atoms with Gasteiger partial charge in [0, 0.05) is 10.5 Å². The topological polar surface area (TPSA) is 49.3 Å². The van der Waals surface area contributed by atoms with Crippen molar-refractivity contribution in [1.82, 2.24) is 5.32 Å². The van der Waals surface area contributed by atoms with Gasteiger partial charge < -0.3 is 10.4 Å². The van der Waals surface area contributed by atoms with Crippen LogP contribution >= 0.6 is 15.9 Å². The number of nitrogens with one attached hydrogen (secondary N) is 1. The summed E-state index contributed by atoms with van der Waals surface area (Å²) in [7, 11) is 0. The predicted octanol–water partition coefficient (Wildman–Crippen LogP) is 3.85. The van der Waals surface area contributed by atoms with E-state index >= 15 is 0 Å². The lowest BCUT2D eigenvalue weighted by Crippen LogP contribution is -2.34. The van der Waals surface area contributed by atoms with Crippen molar-refractivity contribution in [2.45, 2.75) is 45.1 Å². The lowest BCUT2D eigenvalue weighted by molar-refractivity contribution is 0.0930. The third-order valence-corrected chi connectivity index (χ3v) is 4.29. The highest BCUT2D eigenvalue weighted by Gasteiger charge is 2.19. The van der Waals surface area contributed by atoms with Crippen molar-refractivity contribution in [3.63, 3.8) is 0 Å². The van der Waals surface area contributed by atoms with Gasteiger partial charge in [-0.25, -0.2) is 0 Å². The molecule has 0 aliphatic heterocycles. The second-order valence-corrected chi connectivity index (χ2v) is 6.36. The maximum Gasteiger partial charge on any atom is 0.255 e. The SMILES string of the molecule is CC1CCCC(NC(=O)c2ccc(Br)cc2O)CC1. The van der Waals surface area contributed by atoms with Crippen LogP contribution < -0.4 is 5.32 Å². The minimum atomic E-state index is -0.176. The summed E-state index contributed by atoms with van der Waals surface area (Å²) in [6.45, 7) is 2.27. The van der Waals surface area contributed by atoms with Crippen LogP contribution in [0.25, 0.3) is 0 Å². The Balaban J connectivity index is 2.00. The molecule has 4 heteroatoms. The van der Waals surface area contributed by atoms with E-state index in [1.807, 2.05) is 0 Å². The zero-order valence-corrected chi connectivity index (χ0v) is 12.7. The molecular weight excluding hydrogens is 306 g/mol. The molecule has 19 heavy (non-hydrogen) atoms. The van der Waals surface area contributed by atoms with Gasteiger partial charge in [0.2, 0.25) is 0 Å². The minimum absolute atomic E-state index is 0.0221. The van der Waals surface area contributed by atoms with E-state index in [1.165, 1.54) is 12.8 Å². The molecular formula is C15H20BrNO2. The van der Waals surface area contributed by atoms with E-state index in [2.05, 4.69) is 28.2 Å². The number of hydrogen-bond donors (Lipinski definition) is 2. The van der Waals surface area contributed by atoms with Crippen LogP contribution in [0.3, 0.4) is 0 Å². The van der Waals surface area contributed by atoms with Gasteiger partial charge >= 0.3 is 0 Å². The molecule has 0 heterocycles. The third-order valence-electron chi connectivity index (χ3n) is 3.80. The van der Waals surface area contributed by atoms with Crippen molar-refractivity contribution in [3.8, 4) is 5.75 Å². The molecule has 1 aromatic carbocycles. The van der Waals surface area contributed by atoms with Crippen molar-refractivity contribution in [3.05, 3.63) is 28.2 Å². The number of carbonyl (C=O) groups is 1. The first-order valence-electron chi connectivity index (χ1n) is 6.85. The van der Waals surface area contributed by atoms with Gasteiger partial charge in [-0.1, -0.05) is 35.7 Å². The van der Waals surface area contributed by atoms with Gasteiger partial charge in [0.1, 0.15) is 5.75 Å². The lowest BCUT2D eigenvalue weighted by Gasteiger charge is -2.17. The molecule has 104 valence electrons. The number of rotatable bonds is 2. The summed E-state index contributed by atoms with van der Waals surface area (Å²) in [4.78, 5) is 12.2. The second kappa shape index (κ2) is 6.42. The second-order valence-electron chi connectivity index (χ2n) is 5.45. The Morgan fingerprint density at radius 2 is 2.11 bits per heavy atom. The molecule has 0 aromatic heterocycles. The van der Waals surface area contributed by atoms with Crippen LogP contribution in [0, 0.1) is 5.92 Å². The fraction of sp³-hybridized carbons (Fsp3) is 0.533. The molecule has 1 amide bonds. The Morgan fingerprint density at radius 3 is 2.84 bits per heavy atom. The van der Waals surface area contributed by atoms with Crippen molar-refractivity contribution in [1.29, 1.82) is 0 Å². The molecule has 2 rings (SSSR count). The first-order valence-corrected chi connectivity index (χ1v) is 7.65. The van der Waals surface area contributed by atoms with E-state index in [0.29, 0.717) is 5.56 Å². The van der Waals surface area contributed by atoms with Crippen molar-refractivity contribution >= 4 is 21.8 Å². The van der Waals surface area contributed by atoms with E-state index < -0.39 is 0 Å². The van der Waals surface area contributed by atoms with Crippen LogP contribution in [0.15, 0.2) is 22.7 Å². The highest BCUT2D eigenvalue weighted by Crippen LogP contribution is 2.25. The van der Waals surface area contributed by atoms with Crippen LogP contribution in [0.2, 0.25) is 0 Å². The van der Waals surface area contributed by atoms with Crippen LogP contribution in [-0.4, -0.2) is 17.1 Å². The Hall–Kier alpha value is -1.03. The van der Waals surface area contributed by atoms with E-state index in [-0.39, 0.29) is 17.7 Å². The Bertz CT molecular complexity index is 461. The van der Waals surface area contributed by atoms with E-state index in [0.717, 1.165) is 29.7 Å². The van der Waals surface area contributed by atoms with Crippen molar-refractivity contribution in [2.24, 2.45) is 5.92 Å². The largest absolute Gasteiger partial charge is 0.507 e. The number of benzene rings is 1. The summed E-state index contributed by atoms with van der Waals surface area (Å²) < 4.78 is 0.768. The number of amides is 1. The standard InChI is InChI=1S/C15H20BrNO2/c1-10-3-2-4-12(7-5-10)17-15(19)13-8-6-11(16)9-14(13)18/h6,8-10,12,18H,2-5,7H2,1H3,(H,17,19). The average molecular weight is 326 g/mol. The molecule has 1 aliphatic rings. The molecule has 1 aliphatic carbocycles. The van der Waals surface area contributed by atoms with E-state index in [4.69, 9.17) is 0 Å². The molecule has 1 fully saturated rings. The first kappa shape index (κ1) is 14.4. The van der Waals surface area contributed by atoms with Crippen LogP contribution in [-0.2, 0) is 0 Å². The van der Waals surface area contributed by atoms with Gasteiger partial charge in [-0.3, -0.25) is 4.79 Å². The maximum absolute atomic E-state index is 12.2. The Labute approximate surface area is 122 Å². The molecule has 0 bridgehead atoms. The molecule has 0 saturated heterocycles. The van der Waals surface area contributed by atoms with Gasteiger partial charge in [0.15, 0.2) is 0 Å². The zero-order valence-electron chi connectivity index (χ0n) is 11.2. The Morgan fingerprint density at radius 1 is 1.32 bits per heavy atom. The van der Waals surface area contributed by atoms with Crippen LogP contribution in [0.4, 0.5) is 0 Å². The van der Waals surface area contributed by atoms with Crippen molar-refractivity contribution in [2.75, 3.05) is 0 Å². The number of phenols is 1. The maximum atomic E-state index is 12.2. The minimum Gasteiger partial charge on any atom is -0.507 e. The predicted molar refractivity (Wildman–Crippen MR) is 79.3 cm³/mol. The quantitative estimate of drug-likeness (QED) is 0.811. The number of aromatic hydroxyl groups is 1. The van der Waals surface area contributed by atoms with E-state index in [9.17, 15) is 9.90 Å². The molecule has 3 nitrogen and oxygen atoms in total. The smallest absolute Gasteiger partial charge is 0.255 e. The highest BCUT2D eigenvalue weighted by atomic mass is 79.9. The van der Waals surface area contributed by atoms with Gasteiger partial charge in [-0.05, 0) is 43.4 Å². The number of halogens is 1. The van der Waals surface area contributed by atoms with Gasteiger partial charge in [-0.15, -0.1) is 0 Å². The molecule has 2 unspecified atom stereocenters. The summed E-state index contributed by atoms with van der Waals surface area (Å²) in [5.41, 5.74) is 0.348. The molecule has 0 radical (unpaired) electrons. The highest BCUT2D eigenvalue weighted by molar-refractivity contribution is 9.10. The molecule has 1 aromatic rings. The fourth-order valence-electron chi connectivity index (χ4n) is 2.59. The number of phenolic OH excluding ortho intramolecular Hbond substituents is 1. The summed E-state index contributed by atoms with van der Waals surface area (Å²) in [6.07, 6.45) is 5.64. The average Bonchev–Trinajstić information content (AvgIpc) is 2.54. The number of carbonyl (C=O) groups excluding carboxylic acids is 1. The van der Waals surface area contributed by atoms with E-state index in [1.54, 1.807) is 18.2 Å². The molecule has 2 atom stereocenters. The summed E-state index contributed by atoms with van der Waals surface area (Å²) >= 11 is 3.27. The molecule has 1 saturated carbocycles. The first-order chi connectivity index (χ1) is 9.06. The summed E-state index contributed by atoms with van der Waals surface area (Å²) in [6, 6.07) is 5.20. The zero-order chi connectivity index (χ0) is 13.8.